The van der Waals surface area contributed by atoms with E-state index < -0.39 is 0 Å². The fraction of sp³-hybridized carbons (Fsp3) is 0.750. The molecule has 0 unspecified atom stereocenters. The molecular formula is C8H14N2O. The van der Waals surface area contributed by atoms with Gasteiger partial charge in [-0.1, -0.05) is 31.3 Å². The maximum absolute atomic E-state index is 4.47. The molecule has 62 valence electrons. The van der Waals surface area contributed by atoms with Gasteiger partial charge in [0.25, 0.3) is 0 Å². The lowest BCUT2D eigenvalue weighted by atomic mass is 9.88. The van der Waals surface area contributed by atoms with Crippen LogP contribution in [-0.2, 0) is 0 Å². The highest BCUT2D eigenvalue weighted by Crippen LogP contribution is 2.24. The minimum Gasteiger partial charge on any atom is -0.340 e. The second kappa shape index (κ2) is 4.11. The molecule has 0 spiro atoms. The number of hydrogen-bond donors (Lipinski definition) is 0. The number of rotatable bonds is 0. The van der Waals surface area contributed by atoms with Gasteiger partial charge in [-0.3, -0.25) is 0 Å². The first-order chi connectivity index (χ1) is 5.29. The molecule has 0 N–H and O–H groups in total. The largest absolute Gasteiger partial charge is 0.340 e. The first kappa shape index (κ1) is 8.24. The molecule has 1 fully saturated rings. The van der Waals surface area contributed by atoms with Crippen molar-refractivity contribution in [2.45, 2.75) is 33.1 Å². The van der Waals surface area contributed by atoms with Crippen LogP contribution in [0.2, 0.25) is 0 Å². The Hall–Kier alpha value is -0.860. The van der Waals surface area contributed by atoms with E-state index in [9.17, 15) is 0 Å². The fourth-order valence-electron chi connectivity index (χ4n) is 0.841. The predicted octanol–water partition coefficient (Wildman–Crippen LogP) is 2.18. The SMILES string of the molecule is CC1CCC1.Cc1ncno1. The van der Waals surface area contributed by atoms with E-state index in [0.29, 0.717) is 5.89 Å². The smallest absolute Gasteiger partial charge is 0.223 e. The highest BCUT2D eigenvalue weighted by atomic mass is 16.5. The molecule has 1 aliphatic carbocycles. The first-order valence-electron chi connectivity index (χ1n) is 4.02. The monoisotopic (exact) mass is 154 g/mol. The third kappa shape index (κ3) is 3.16. The highest BCUT2D eigenvalue weighted by Gasteiger charge is 2.09. The van der Waals surface area contributed by atoms with Gasteiger partial charge in [0.1, 0.15) is 0 Å². The van der Waals surface area contributed by atoms with Crippen molar-refractivity contribution in [3.8, 4) is 0 Å². The Morgan fingerprint density at radius 1 is 1.55 bits per heavy atom. The van der Waals surface area contributed by atoms with Crippen molar-refractivity contribution >= 4 is 0 Å². The first-order valence-corrected chi connectivity index (χ1v) is 4.02. The van der Waals surface area contributed by atoms with Crippen LogP contribution in [-0.4, -0.2) is 10.1 Å². The quantitative estimate of drug-likeness (QED) is 0.575. The summed E-state index contributed by atoms with van der Waals surface area (Å²) in [7, 11) is 0. The van der Waals surface area contributed by atoms with Gasteiger partial charge in [0, 0.05) is 6.92 Å². The van der Waals surface area contributed by atoms with Crippen molar-refractivity contribution in [1.82, 2.24) is 10.1 Å². The number of aromatic nitrogens is 2. The molecule has 3 heteroatoms. The third-order valence-corrected chi connectivity index (χ3v) is 1.87. The molecule has 0 radical (unpaired) electrons. The van der Waals surface area contributed by atoms with E-state index in [1.807, 2.05) is 0 Å². The summed E-state index contributed by atoms with van der Waals surface area (Å²) in [4.78, 5) is 3.64. The lowest BCUT2D eigenvalue weighted by Crippen LogP contribution is -2.04. The Bertz CT molecular complexity index is 180. The zero-order valence-electron chi connectivity index (χ0n) is 7.08. The average molecular weight is 154 g/mol. The van der Waals surface area contributed by atoms with Gasteiger partial charge in [-0.15, -0.1) is 0 Å². The Balaban J connectivity index is 0.000000112. The van der Waals surface area contributed by atoms with Gasteiger partial charge in [-0.2, -0.15) is 4.98 Å². The summed E-state index contributed by atoms with van der Waals surface area (Å²) < 4.78 is 4.47. The van der Waals surface area contributed by atoms with Crippen LogP contribution in [0.25, 0.3) is 0 Å². The van der Waals surface area contributed by atoms with Gasteiger partial charge in [-0.05, 0) is 5.92 Å². The van der Waals surface area contributed by atoms with Crippen LogP contribution < -0.4 is 0 Å². The maximum Gasteiger partial charge on any atom is 0.223 e. The maximum atomic E-state index is 4.47. The van der Waals surface area contributed by atoms with E-state index in [2.05, 4.69) is 21.6 Å². The Morgan fingerprint density at radius 3 is 2.27 bits per heavy atom. The van der Waals surface area contributed by atoms with E-state index in [1.165, 1.54) is 25.6 Å². The zero-order chi connectivity index (χ0) is 8.10. The molecule has 2 rings (SSSR count). The van der Waals surface area contributed by atoms with Crippen molar-refractivity contribution in [3.63, 3.8) is 0 Å². The van der Waals surface area contributed by atoms with E-state index in [1.54, 1.807) is 6.92 Å². The molecule has 0 aromatic carbocycles. The molecule has 11 heavy (non-hydrogen) atoms. The topological polar surface area (TPSA) is 38.9 Å². The molecule has 0 bridgehead atoms. The third-order valence-electron chi connectivity index (χ3n) is 1.87. The van der Waals surface area contributed by atoms with E-state index in [4.69, 9.17) is 0 Å². The lowest BCUT2D eigenvalue weighted by Gasteiger charge is -2.18. The lowest BCUT2D eigenvalue weighted by molar-refractivity contribution is 0.346. The minimum absolute atomic E-state index is 0.606. The predicted molar refractivity (Wildman–Crippen MR) is 42.1 cm³/mol. The number of hydrogen-bond acceptors (Lipinski definition) is 3. The fourth-order valence-corrected chi connectivity index (χ4v) is 0.841. The van der Waals surface area contributed by atoms with Crippen LogP contribution >= 0.6 is 0 Å². The zero-order valence-corrected chi connectivity index (χ0v) is 7.08. The highest BCUT2D eigenvalue weighted by molar-refractivity contribution is 4.63. The standard InChI is InChI=1S/C5H10.C3H4N2O/c1-5-3-2-4-5;1-3-4-2-5-6-3/h5H,2-4H2,1H3;2H,1H3. The molecule has 1 aliphatic rings. The summed E-state index contributed by atoms with van der Waals surface area (Å²) in [5.41, 5.74) is 0. The minimum atomic E-state index is 0.606. The van der Waals surface area contributed by atoms with Crippen LogP contribution in [0.1, 0.15) is 32.1 Å². The Kier molecular flexibility index (Phi) is 3.08. The van der Waals surface area contributed by atoms with Crippen LogP contribution in [0.5, 0.6) is 0 Å². The molecule has 0 amide bonds. The van der Waals surface area contributed by atoms with Crippen molar-refractivity contribution in [2.24, 2.45) is 5.92 Å². The molecule has 3 nitrogen and oxygen atoms in total. The second-order valence-corrected chi connectivity index (χ2v) is 3.00. The Morgan fingerprint density at radius 2 is 2.18 bits per heavy atom. The molecule has 0 atom stereocenters. The molecular weight excluding hydrogens is 140 g/mol. The van der Waals surface area contributed by atoms with Crippen molar-refractivity contribution < 1.29 is 4.52 Å². The van der Waals surface area contributed by atoms with Gasteiger partial charge in [0.2, 0.25) is 5.89 Å². The summed E-state index contributed by atoms with van der Waals surface area (Å²) in [6.07, 6.45) is 5.83. The van der Waals surface area contributed by atoms with Gasteiger partial charge in [-0.25, -0.2) is 0 Å². The van der Waals surface area contributed by atoms with Gasteiger partial charge in [0.15, 0.2) is 6.33 Å². The number of nitrogens with zero attached hydrogens (tertiary/aromatic N) is 2. The van der Waals surface area contributed by atoms with Crippen molar-refractivity contribution in [1.29, 1.82) is 0 Å². The second-order valence-electron chi connectivity index (χ2n) is 3.00. The van der Waals surface area contributed by atoms with E-state index in [-0.39, 0.29) is 0 Å². The van der Waals surface area contributed by atoms with Crippen LogP contribution in [0.15, 0.2) is 10.9 Å². The van der Waals surface area contributed by atoms with Crippen LogP contribution in [0.4, 0.5) is 0 Å². The molecule has 1 heterocycles. The summed E-state index contributed by atoms with van der Waals surface area (Å²) in [5, 5.41) is 3.34. The van der Waals surface area contributed by atoms with Crippen LogP contribution in [0, 0.1) is 12.8 Å². The Labute approximate surface area is 66.8 Å². The van der Waals surface area contributed by atoms with E-state index >= 15 is 0 Å². The summed E-state index contributed by atoms with van der Waals surface area (Å²) in [6, 6.07) is 0. The van der Waals surface area contributed by atoms with Gasteiger partial charge < -0.3 is 4.52 Å². The molecule has 0 aliphatic heterocycles. The van der Waals surface area contributed by atoms with Crippen molar-refractivity contribution in [3.05, 3.63) is 12.2 Å². The molecule has 1 aromatic heterocycles. The average Bonchev–Trinajstić information content (AvgIpc) is 2.36. The van der Waals surface area contributed by atoms with Crippen molar-refractivity contribution in [2.75, 3.05) is 0 Å². The summed E-state index contributed by atoms with van der Waals surface area (Å²) in [6.45, 7) is 4.05. The number of aryl methyl sites for hydroxylation is 1. The molecule has 0 saturated heterocycles. The molecule has 1 aromatic rings. The summed E-state index contributed by atoms with van der Waals surface area (Å²) >= 11 is 0. The summed E-state index contributed by atoms with van der Waals surface area (Å²) in [5.74, 6) is 1.67. The van der Waals surface area contributed by atoms with Gasteiger partial charge in [0.05, 0.1) is 0 Å². The van der Waals surface area contributed by atoms with Gasteiger partial charge >= 0.3 is 0 Å². The normalized spacial score (nSPS) is 16.5. The van der Waals surface area contributed by atoms with Crippen LogP contribution in [0.3, 0.4) is 0 Å². The molecule has 1 saturated carbocycles. The van der Waals surface area contributed by atoms with E-state index in [0.717, 1.165) is 5.92 Å².